The molecule has 0 rings (SSSR count). The van der Waals surface area contributed by atoms with Gasteiger partial charge in [-0.05, 0) is 32.1 Å². The fourth-order valence-corrected chi connectivity index (χ4v) is 3.74. The number of aliphatic hydroxyl groups is 1. The second kappa shape index (κ2) is 19.5. The molecule has 0 aliphatic carbocycles. The Labute approximate surface area is 201 Å². The summed E-state index contributed by atoms with van der Waals surface area (Å²) in [5, 5.41) is 9.36. The van der Waals surface area contributed by atoms with Crippen molar-refractivity contribution in [3.05, 3.63) is 12.2 Å². The molecule has 0 saturated carbocycles. The van der Waals surface area contributed by atoms with Crippen molar-refractivity contribution in [2.75, 3.05) is 47.5 Å². The molecular weight excluding hydrogens is 445 g/mol. The summed E-state index contributed by atoms with van der Waals surface area (Å²) in [5.41, 5.74) is 0. The molecule has 0 amide bonds. The van der Waals surface area contributed by atoms with Crippen LogP contribution in [0.15, 0.2) is 12.2 Å². The normalized spacial score (nSPS) is 15.0. The molecule has 0 fully saturated rings. The van der Waals surface area contributed by atoms with E-state index in [4.69, 9.17) is 13.8 Å². The topological polar surface area (TPSA) is 102 Å². The number of likely N-dealkylation sites (N-methyl/N-ethyl adjacent to an activating group) is 1. The number of carbonyl (C=O) groups is 1. The molecule has 0 aliphatic rings. The monoisotopic (exact) mass is 494 g/mol. The molecule has 33 heavy (non-hydrogen) atoms. The summed E-state index contributed by atoms with van der Waals surface area (Å²) < 4.78 is 27.4. The summed E-state index contributed by atoms with van der Waals surface area (Å²) in [6.07, 6.45) is 16.4. The zero-order valence-electron chi connectivity index (χ0n) is 21.4. The summed E-state index contributed by atoms with van der Waals surface area (Å²) in [7, 11) is 1.54. The van der Waals surface area contributed by atoms with Gasteiger partial charge in [0.05, 0.1) is 34.4 Å². The number of phosphoric acid groups is 1. The van der Waals surface area contributed by atoms with Gasteiger partial charge in [0, 0.05) is 6.42 Å². The van der Waals surface area contributed by atoms with Gasteiger partial charge >= 0.3 is 13.8 Å². The molecule has 0 saturated heterocycles. The van der Waals surface area contributed by atoms with Gasteiger partial charge in [-0.15, -0.1) is 0 Å². The second-order valence-corrected chi connectivity index (χ2v) is 11.0. The van der Waals surface area contributed by atoms with Gasteiger partial charge in [0.2, 0.25) is 0 Å². The second-order valence-electron chi connectivity index (χ2n) is 9.53. The predicted molar refractivity (Wildman–Crippen MR) is 132 cm³/mol. The number of nitrogens with zero attached hydrogens (tertiary/aromatic N) is 1. The van der Waals surface area contributed by atoms with E-state index in [1.165, 1.54) is 32.1 Å². The van der Waals surface area contributed by atoms with Crippen molar-refractivity contribution in [1.29, 1.82) is 0 Å². The average molecular weight is 495 g/mol. The molecule has 9 heteroatoms. The van der Waals surface area contributed by atoms with Gasteiger partial charge in [-0.25, -0.2) is 4.57 Å². The van der Waals surface area contributed by atoms with Gasteiger partial charge in [0.15, 0.2) is 0 Å². The summed E-state index contributed by atoms with van der Waals surface area (Å²) in [6, 6.07) is 0. The lowest BCUT2D eigenvalue weighted by atomic mass is 10.1. The zero-order chi connectivity index (χ0) is 25.0. The molecule has 0 heterocycles. The number of quaternary nitrogens is 1. The van der Waals surface area contributed by atoms with Crippen LogP contribution >= 0.6 is 7.82 Å². The SMILES string of the molecule is CCCCCCC=CCCCCCCCC(=O)O[C@@H](CO)COP(=O)(O)OCC[N+](C)(C)C. The summed E-state index contributed by atoms with van der Waals surface area (Å²) in [5.74, 6) is -0.442. The van der Waals surface area contributed by atoms with Gasteiger partial charge < -0.3 is 19.2 Å². The highest BCUT2D eigenvalue weighted by Gasteiger charge is 2.25. The molecule has 196 valence electrons. The molecule has 0 aromatic heterocycles. The standard InChI is InChI=1S/C24H48NO7P/c1-5-6-7-8-9-10-11-12-13-14-15-16-17-18-24(27)32-23(21-26)22-31-33(28,29)30-20-19-25(2,3)4/h10-11,23,26H,5-9,12-22H2,1-4H3/p+1/t23-/m0/s1. The third kappa shape index (κ3) is 22.8. The molecule has 0 aliphatic heterocycles. The molecule has 2 atom stereocenters. The lowest BCUT2D eigenvalue weighted by molar-refractivity contribution is -0.870. The molecule has 2 N–H and O–H groups in total. The van der Waals surface area contributed by atoms with Gasteiger partial charge in [-0.1, -0.05) is 57.6 Å². The van der Waals surface area contributed by atoms with Crippen LogP contribution in [0.2, 0.25) is 0 Å². The van der Waals surface area contributed by atoms with E-state index in [9.17, 15) is 19.4 Å². The van der Waals surface area contributed by atoms with E-state index >= 15 is 0 Å². The third-order valence-corrected chi connectivity index (χ3v) is 6.07. The highest BCUT2D eigenvalue weighted by atomic mass is 31.2. The summed E-state index contributed by atoms with van der Waals surface area (Å²) in [4.78, 5) is 21.7. The number of ether oxygens (including phenoxy) is 1. The van der Waals surface area contributed by atoms with Gasteiger partial charge in [0.25, 0.3) is 0 Å². The van der Waals surface area contributed by atoms with Crippen molar-refractivity contribution < 1.29 is 37.6 Å². The van der Waals surface area contributed by atoms with Crippen LogP contribution in [0.25, 0.3) is 0 Å². The molecule has 0 spiro atoms. The molecule has 1 unspecified atom stereocenters. The lowest BCUT2D eigenvalue weighted by Gasteiger charge is -2.24. The first-order chi connectivity index (χ1) is 15.6. The van der Waals surface area contributed by atoms with Crippen LogP contribution in [0.3, 0.4) is 0 Å². The average Bonchev–Trinajstić information content (AvgIpc) is 2.73. The minimum Gasteiger partial charge on any atom is -0.457 e. The zero-order valence-corrected chi connectivity index (χ0v) is 22.3. The van der Waals surface area contributed by atoms with Crippen molar-refractivity contribution in [1.82, 2.24) is 0 Å². The minimum atomic E-state index is -4.26. The van der Waals surface area contributed by atoms with E-state index in [-0.39, 0.29) is 13.0 Å². The Morgan fingerprint density at radius 2 is 1.52 bits per heavy atom. The summed E-state index contributed by atoms with van der Waals surface area (Å²) in [6.45, 7) is 1.92. The van der Waals surface area contributed by atoms with Crippen LogP contribution in [0.4, 0.5) is 0 Å². The Morgan fingerprint density at radius 1 is 0.939 bits per heavy atom. The molecule has 0 aromatic rings. The van der Waals surface area contributed by atoms with E-state index in [1.807, 2.05) is 21.1 Å². The number of aliphatic hydroxyl groups excluding tert-OH is 1. The number of phosphoric ester groups is 1. The molecule has 8 nitrogen and oxygen atoms in total. The number of allylic oxidation sites excluding steroid dienone is 2. The molecule has 0 radical (unpaired) electrons. The van der Waals surface area contributed by atoms with E-state index in [1.54, 1.807) is 0 Å². The fraction of sp³-hybridized carbons (Fsp3) is 0.875. The lowest BCUT2D eigenvalue weighted by Crippen LogP contribution is -2.37. The van der Waals surface area contributed by atoms with E-state index in [0.29, 0.717) is 11.0 Å². The van der Waals surface area contributed by atoms with Crippen molar-refractivity contribution in [3.8, 4) is 0 Å². The Hall–Kier alpha value is -0.760. The van der Waals surface area contributed by atoms with Gasteiger partial charge in [-0.3, -0.25) is 13.8 Å². The highest BCUT2D eigenvalue weighted by molar-refractivity contribution is 7.47. The van der Waals surface area contributed by atoms with E-state index in [0.717, 1.165) is 38.5 Å². The van der Waals surface area contributed by atoms with Crippen LogP contribution in [0.5, 0.6) is 0 Å². The van der Waals surface area contributed by atoms with Crippen LogP contribution in [-0.4, -0.2) is 74.1 Å². The number of unbranched alkanes of at least 4 members (excludes halogenated alkanes) is 9. The maximum Gasteiger partial charge on any atom is 0.472 e. The molecule has 0 bridgehead atoms. The fourth-order valence-electron chi connectivity index (χ4n) is 3.00. The Balaban J connectivity index is 3.81. The van der Waals surface area contributed by atoms with Crippen LogP contribution < -0.4 is 0 Å². The number of hydrogen-bond donors (Lipinski definition) is 2. The third-order valence-electron chi connectivity index (χ3n) is 5.08. The first-order valence-corrected chi connectivity index (χ1v) is 14.0. The first-order valence-electron chi connectivity index (χ1n) is 12.5. The number of carbonyl (C=O) groups excluding carboxylic acids is 1. The van der Waals surface area contributed by atoms with Crippen LogP contribution in [0.1, 0.15) is 84.0 Å². The number of rotatable bonds is 22. The maximum absolute atomic E-state index is 12.0. The van der Waals surface area contributed by atoms with Crippen molar-refractivity contribution >= 4 is 13.8 Å². The Morgan fingerprint density at radius 3 is 2.09 bits per heavy atom. The van der Waals surface area contributed by atoms with Crippen molar-refractivity contribution in [3.63, 3.8) is 0 Å². The largest absolute Gasteiger partial charge is 0.472 e. The smallest absolute Gasteiger partial charge is 0.457 e. The van der Waals surface area contributed by atoms with Gasteiger partial charge in [0.1, 0.15) is 19.3 Å². The van der Waals surface area contributed by atoms with Gasteiger partial charge in [-0.2, -0.15) is 0 Å². The van der Waals surface area contributed by atoms with Crippen LogP contribution in [0, 0.1) is 0 Å². The molecular formula is C24H49NO7P+. The maximum atomic E-state index is 12.0. The van der Waals surface area contributed by atoms with E-state index < -0.39 is 33.1 Å². The summed E-state index contributed by atoms with van der Waals surface area (Å²) >= 11 is 0. The quantitative estimate of drug-likeness (QED) is 0.0719. The minimum absolute atomic E-state index is 0.0518. The predicted octanol–water partition coefficient (Wildman–Crippen LogP) is 4.99. The number of esters is 1. The molecule has 0 aromatic carbocycles. The van der Waals surface area contributed by atoms with E-state index in [2.05, 4.69) is 19.1 Å². The Bertz CT molecular complexity index is 564. The van der Waals surface area contributed by atoms with Crippen molar-refractivity contribution in [2.45, 2.75) is 90.1 Å². The van der Waals surface area contributed by atoms with Crippen molar-refractivity contribution in [2.24, 2.45) is 0 Å². The number of hydrogen-bond acceptors (Lipinski definition) is 6. The Kier molecular flexibility index (Phi) is 19.1. The highest BCUT2D eigenvalue weighted by Crippen LogP contribution is 2.43. The van der Waals surface area contributed by atoms with Crippen LogP contribution in [-0.2, 0) is 23.1 Å². The first kappa shape index (κ1) is 32.2.